The third-order valence-corrected chi connectivity index (χ3v) is 4.38. The molecule has 0 saturated heterocycles. The van der Waals surface area contributed by atoms with E-state index in [1.165, 1.54) is 0 Å². The lowest BCUT2D eigenvalue weighted by atomic mass is 9.99. The van der Waals surface area contributed by atoms with Gasteiger partial charge in [-0.25, -0.2) is 0 Å². The summed E-state index contributed by atoms with van der Waals surface area (Å²) in [5.41, 5.74) is 1.78. The Bertz CT molecular complexity index is 615. The zero-order valence-corrected chi connectivity index (χ0v) is 16.9. The van der Waals surface area contributed by atoms with Gasteiger partial charge in [0.15, 0.2) is 0 Å². The molecule has 7 heteroatoms. The molecular formula is C18H28N2O4S. The normalized spacial score (nSPS) is 11.7. The van der Waals surface area contributed by atoms with Gasteiger partial charge in [-0.15, -0.1) is 4.91 Å². The number of aryl methyl sites for hydroxylation is 1. The first-order valence-electron chi connectivity index (χ1n) is 8.23. The summed E-state index contributed by atoms with van der Waals surface area (Å²) >= 11 is 0.660. The highest BCUT2D eigenvalue weighted by Gasteiger charge is 2.32. The Morgan fingerprint density at radius 2 is 1.92 bits per heavy atom. The van der Waals surface area contributed by atoms with Gasteiger partial charge in [0.1, 0.15) is 22.9 Å². The van der Waals surface area contributed by atoms with Crippen LogP contribution in [0.25, 0.3) is 0 Å². The molecule has 0 bridgehead atoms. The molecule has 140 valence electrons. The van der Waals surface area contributed by atoms with Gasteiger partial charge in [-0.05, 0) is 58.5 Å². The Labute approximate surface area is 154 Å². The van der Waals surface area contributed by atoms with E-state index in [1.807, 2.05) is 33.2 Å². The van der Waals surface area contributed by atoms with Gasteiger partial charge in [0.05, 0.1) is 0 Å². The predicted molar refractivity (Wildman–Crippen MR) is 102 cm³/mol. The lowest BCUT2D eigenvalue weighted by molar-refractivity contribution is -0.136. The van der Waals surface area contributed by atoms with Crippen molar-refractivity contribution in [3.05, 3.63) is 28.2 Å². The number of hydrogen-bond donors (Lipinski definition) is 0. The van der Waals surface area contributed by atoms with Gasteiger partial charge in [-0.1, -0.05) is 13.8 Å². The van der Waals surface area contributed by atoms with Crippen molar-refractivity contribution in [3.8, 4) is 11.5 Å². The van der Waals surface area contributed by atoms with E-state index in [2.05, 4.69) is 23.3 Å². The summed E-state index contributed by atoms with van der Waals surface area (Å²) in [5, 5.41) is 0. The summed E-state index contributed by atoms with van der Waals surface area (Å²) < 4.78 is 13.1. The Balaban J connectivity index is 3.04. The molecule has 0 N–H and O–H groups in total. The van der Waals surface area contributed by atoms with E-state index in [0.29, 0.717) is 24.3 Å². The summed E-state index contributed by atoms with van der Waals surface area (Å²) in [6.45, 7) is 10.6. The number of carbonyl (C=O) groups is 1. The fourth-order valence-electron chi connectivity index (χ4n) is 2.05. The van der Waals surface area contributed by atoms with E-state index < -0.39 is 10.7 Å². The van der Waals surface area contributed by atoms with Crippen LogP contribution in [0.1, 0.15) is 44.7 Å². The maximum absolute atomic E-state index is 12.3. The molecule has 1 aromatic carbocycles. The van der Waals surface area contributed by atoms with Crippen LogP contribution in [0, 0.1) is 11.8 Å². The molecule has 0 spiro atoms. The van der Waals surface area contributed by atoms with Crippen LogP contribution >= 0.6 is 11.9 Å². The molecule has 1 rings (SSSR count). The Kier molecular flexibility index (Phi) is 7.89. The third-order valence-electron chi connectivity index (χ3n) is 3.69. The predicted octanol–water partition coefficient (Wildman–Crippen LogP) is 4.16. The minimum absolute atomic E-state index is 0.214. The van der Waals surface area contributed by atoms with Gasteiger partial charge in [0, 0.05) is 28.6 Å². The highest BCUT2D eigenvalue weighted by molar-refractivity contribution is 8.00. The van der Waals surface area contributed by atoms with E-state index in [-0.39, 0.29) is 5.92 Å². The van der Waals surface area contributed by atoms with Crippen molar-refractivity contribution in [1.82, 2.24) is 4.90 Å². The molecule has 0 aliphatic rings. The van der Waals surface area contributed by atoms with E-state index >= 15 is 0 Å². The van der Waals surface area contributed by atoms with Gasteiger partial charge in [0.25, 0.3) is 0 Å². The Morgan fingerprint density at radius 3 is 2.44 bits per heavy atom. The number of ether oxygens (including phenoxy) is 2. The molecule has 0 atom stereocenters. The number of hydrogen-bond acceptors (Lipinski definition) is 7. The maximum atomic E-state index is 12.3. The average Bonchev–Trinajstić information content (AvgIpc) is 2.48. The molecule has 0 saturated carbocycles. The largest absolute Gasteiger partial charge is 0.492 e. The monoisotopic (exact) mass is 368 g/mol. The van der Waals surface area contributed by atoms with Crippen LogP contribution in [0.3, 0.4) is 0 Å². The van der Waals surface area contributed by atoms with Crippen molar-refractivity contribution in [2.24, 2.45) is 4.58 Å². The van der Waals surface area contributed by atoms with E-state index in [9.17, 15) is 9.70 Å². The standard InChI is InChI=1S/C18H28N2O4S/c1-12(2)14-11-15(24-17(21)18(4,5)25-19-22)13(3)10-16(14)23-9-8-20(6)7/h10-12H,8-9H2,1-7H3. The summed E-state index contributed by atoms with van der Waals surface area (Å²) in [6, 6.07) is 3.74. The minimum Gasteiger partial charge on any atom is -0.492 e. The lowest BCUT2D eigenvalue weighted by Gasteiger charge is -2.21. The van der Waals surface area contributed by atoms with Gasteiger partial charge in [-0.3, -0.25) is 4.79 Å². The summed E-state index contributed by atoms with van der Waals surface area (Å²) in [4.78, 5) is 24.8. The fraction of sp³-hybridized carbons (Fsp3) is 0.611. The van der Waals surface area contributed by atoms with Crippen LogP contribution in [-0.4, -0.2) is 42.9 Å². The second-order valence-electron chi connectivity index (χ2n) is 7.03. The number of carbonyl (C=O) groups excluding carboxylic acids is 1. The van der Waals surface area contributed by atoms with Crippen molar-refractivity contribution in [1.29, 1.82) is 0 Å². The molecule has 25 heavy (non-hydrogen) atoms. The molecule has 0 fully saturated rings. The molecular weight excluding hydrogens is 340 g/mol. The lowest BCUT2D eigenvalue weighted by Crippen LogP contribution is -2.32. The summed E-state index contributed by atoms with van der Waals surface area (Å²) in [7, 11) is 3.99. The molecule has 1 aromatic rings. The average molecular weight is 368 g/mol. The zero-order valence-electron chi connectivity index (χ0n) is 16.1. The summed E-state index contributed by atoms with van der Waals surface area (Å²) in [5.74, 6) is 0.994. The third kappa shape index (κ3) is 6.32. The van der Waals surface area contributed by atoms with E-state index in [4.69, 9.17) is 9.47 Å². The fourth-order valence-corrected chi connectivity index (χ4v) is 2.36. The van der Waals surface area contributed by atoms with Crippen molar-refractivity contribution in [2.45, 2.75) is 45.3 Å². The molecule has 0 aromatic heterocycles. The number of rotatable bonds is 9. The van der Waals surface area contributed by atoms with Crippen LogP contribution < -0.4 is 9.47 Å². The first kappa shape index (κ1) is 21.4. The van der Waals surface area contributed by atoms with Gasteiger partial charge < -0.3 is 14.4 Å². The zero-order chi connectivity index (χ0) is 19.2. The van der Waals surface area contributed by atoms with E-state index in [0.717, 1.165) is 23.4 Å². The molecule has 0 radical (unpaired) electrons. The van der Waals surface area contributed by atoms with Crippen molar-refractivity contribution < 1.29 is 14.3 Å². The van der Waals surface area contributed by atoms with Gasteiger partial charge in [0.2, 0.25) is 0 Å². The van der Waals surface area contributed by atoms with Crippen LogP contribution in [-0.2, 0) is 4.79 Å². The molecule has 0 aliphatic carbocycles. The molecule has 0 amide bonds. The first-order valence-corrected chi connectivity index (χ1v) is 9.01. The number of nitrogens with zero attached hydrogens (tertiary/aromatic N) is 2. The number of benzene rings is 1. The van der Waals surface area contributed by atoms with Gasteiger partial charge in [-0.2, -0.15) is 0 Å². The van der Waals surface area contributed by atoms with E-state index in [1.54, 1.807) is 13.8 Å². The quantitative estimate of drug-likeness (QED) is 0.282. The van der Waals surface area contributed by atoms with Gasteiger partial charge >= 0.3 is 5.97 Å². The van der Waals surface area contributed by atoms with Crippen LogP contribution in [0.2, 0.25) is 0 Å². The highest BCUT2D eigenvalue weighted by Crippen LogP contribution is 2.35. The second-order valence-corrected chi connectivity index (χ2v) is 8.38. The Morgan fingerprint density at radius 1 is 1.28 bits per heavy atom. The van der Waals surface area contributed by atoms with Crippen molar-refractivity contribution in [3.63, 3.8) is 0 Å². The maximum Gasteiger partial charge on any atom is 0.329 e. The number of nitroso groups, excluding NO2 is 1. The van der Waals surface area contributed by atoms with Crippen molar-refractivity contribution in [2.75, 3.05) is 27.2 Å². The first-order chi connectivity index (χ1) is 11.6. The summed E-state index contributed by atoms with van der Waals surface area (Å²) in [6.07, 6.45) is 0. The second kappa shape index (κ2) is 9.20. The SMILES string of the molecule is Cc1cc(OCCN(C)C)c(C(C)C)cc1OC(=O)C(C)(C)SN=O. The Hall–Kier alpha value is -1.60. The smallest absolute Gasteiger partial charge is 0.329 e. The number of likely N-dealkylation sites (N-methyl/N-ethyl adjacent to an activating group) is 1. The van der Waals surface area contributed by atoms with Crippen LogP contribution in [0.4, 0.5) is 0 Å². The molecule has 0 aliphatic heterocycles. The molecule has 0 unspecified atom stereocenters. The molecule has 6 nitrogen and oxygen atoms in total. The van der Waals surface area contributed by atoms with Crippen LogP contribution in [0.5, 0.6) is 11.5 Å². The molecule has 0 heterocycles. The van der Waals surface area contributed by atoms with Crippen molar-refractivity contribution >= 4 is 17.9 Å². The number of esters is 1. The highest BCUT2D eigenvalue weighted by atomic mass is 32.2. The van der Waals surface area contributed by atoms with Crippen LogP contribution in [0.15, 0.2) is 16.7 Å². The minimum atomic E-state index is -1.03. The topological polar surface area (TPSA) is 68.2 Å².